The molecule has 0 aromatic carbocycles. The van der Waals surface area contributed by atoms with Crippen LogP contribution in [-0.4, -0.2) is 20.3 Å². The topological polar surface area (TPSA) is 71.6 Å². The molecule has 0 aliphatic carbocycles. The van der Waals surface area contributed by atoms with Crippen LogP contribution in [0.25, 0.3) is 11.3 Å². The van der Waals surface area contributed by atoms with Crippen molar-refractivity contribution in [2.24, 2.45) is 0 Å². The van der Waals surface area contributed by atoms with E-state index in [0.29, 0.717) is 23.0 Å². The summed E-state index contributed by atoms with van der Waals surface area (Å²) in [6.45, 7) is 10.6. The Balaban J connectivity index is 2.15. The first-order valence-corrected chi connectivity index (χ1v) is 8.61. The van der Waals surface area contributed by atoms with Crippen LogP contribution in [0.4, 0.5) is 0 Å². The molecule has 3 rings (SSSR count). The van der Waals surface area contributed by atoms with E-state index in [2.05, 4.69) is 37.3 Å². The molecule has 0 radical (unpaired) electrons. The first kappa shape index (κ1) is 16.5. The zero-order valence-electron chi connectivity index (χ0n) is 14.0. The predicted molar refractivity (Wildman–Crippen MR) is 95.0 cm³/mol. The van der Waals surface area contributed by atoms with Crippen LogP contribution in [0.2, 0.25) is 0 Å². The fourth-order valence-corrected chi connectivity index (χ4v) is 3.39. The van der Waals surface area contributed by atoms with Gasteiger partial charge in [-0.25, -0.2) is 4.98 Å². The zero-order valence-corrected chi connectivity index (χ0v) is 14.8. The second kappa shape index (κ2) is 5.91. The fraction of sp³-hybridized carbons (Fsp3) is 0.333. The molecule has 0 fully saturated rings. The minimum absolute atomic E-state index is 0.0550. The second-order valence-electron chi connectivity index (χ2n) is 6.84. The molecule has 24 heavy (non-hydrogen) atoms. The van der Waals surface area contributed by atoms with Crippen molar-refractivity contribution in [1.29, 1.82) is 5.26 Å². The average Bonchev–Trinajstić information content (AvgIpc) is 2.54. The molecule has 0 amide bonds. The van der Waals surface area contributed by atoms with Crippen LogP contribution in [0.5, 0.6) is 0 Å². The van der Waals surface area contributed by atoms with Gasteiger partial charge in [0.25, 0.3) is 5.56 Å². The first-order valence-electron chi connectivity index (χ1n) is 7.62. The van der Waals surface area contributed by atoms with Gasteiger partial charge in [0, 0.05) is 35.2 Å². The number of thioether (sulfide) groups is 1. The van der Waals surface area contributed by atoms with Crippen molar-refractivity contribution in [1.82, 2.24) is 14.5 Å². The van der Waals surface area contributed by atoms with Crippen molar-refractivity contribution < 1.29 is 0 Å². The lowest BCUT2D eigenvalue weighted by atomic mass is 9.91. The van der Waals surface area contributed by atoms with Crippen LogP contribution in [-0.2, 0) is 12.0 Å². The molecule has 0 bridgehead atoms. The molecule has 3 heterocycles. The van der Waals surface area contributed by atoms with E-state index in [1.807, 2.05) is 18.2 Å². The highest BCUT2D eigenvalue weighted by molar-refractivity contribution is 7.99. The van der Waals surface area contributed by atoms with E-state index in [1.165, 1.54) is 16.3 Å². The summed E-state index contributed by atoms with van der Waals surface area (Å²) in [5.74, 6) is 0.735. The highest BCUT2D eigenvalue weighted by atomic mass is 32.2. The minimum atomic E-state index is -0.314. The van der Waals surface area contributed by atoms with Crippen LogP contribution in [0, 0.1) is 11.3 Å². The Labute approximate surface area is 145 Å². The van der Waals surface area contributed by atoms with Gasteiger partial charge in [0.1, 0.15) is 11.6 Å². The number of fused-ring (bicyclic) bond motifs is 1. The molecule has 0 saturated carbocycles. The van der Waals surface area contributed by atoms with Crippen LogP contribution < -0.4 is 5.56 Å². The van der Waals surface area contributed by atoms with Crippen molar-refractivity contribution in [2.45, 2.75) is 37.9 Å². The summed E-state index contributed by atoms with van der Waals surface area (Å²) >= 11 is 1.47. The third kappa shape index (κ3) is 2.87. The molecule has 5 nitrogen and oxygen atoms in total. The Morgan fingerprint density at radius 1 is 1.38 bits per heavy atom. The van der Waals surface area contributed by atoms with E-state index < -0.39 is 0 Å². The van der Waals surface area contributed by atoms with Crippen LogP contribution in [0.1, 0.15) is 32.0 Å². The van der Waals surface area contributed by atoms with Gasteiger partial charge >= 0.3 is 0 Å². The summed E-state index contributed by atoms with van der Waals surface area (Å²) in [5, 5.41) is 10.1. The van der Waals surface area contributed by atoms with E-state index in [-0.39, 0.29) is 16.5 Å². The highest BCUT2D eigenvalue weighted by Crippen LogP contribution is 2.28. The molecule has 122 valence electrons. The Hall–Kier alpha value is -2.39. The highest BCUT2D eigenvalue weighted by Gasteiger charge is 2.22. The smallest absolute Gasteiger partial charge is 0.273 e. The minimum Gasteiger partial charge on any atom is -0.282 e. The molecule has 1 aliphatic heterocycles. The molecule has 1 aliphatic rings. The molecule has 0 N–H and O–H groups in total. The molecule has 0 atom stereocenters. The van der Waals surface area contributed by atoms with Crippen molar-refractivity contribution >= 4 is 11.8 Å². The standard InChI is InChI=1S/C18H18N4OS/c1-11-9-22-16(23)13(7-19)15(21-17(22)24-10-11)12-5-6-14(20-8-12)18(2,3)4/h5-6,8H,1,9-10H2,2-4H3. The van der Waals surface area contributed by atoms with Crippen molar-refractivity contribution in [3.63, 3.8) is 0 Å². The lowest BCUT2D eigenvalue weighted by molar-refractivity contribution is 0.569. The molecule has 0 saturated heterocycles. The number of nitrogens with zero attached hydrogens (tertiary/aromatic N) is 4. The molecule has 0 unspecified atom stereocenters. The normalized spacial score (nSPS) is 14.2. The summed E-state index contributed by atoms with van der Waals surface area (Å²) in [6, 6.07) is 5.81. The van der Waals surface area contributed by atoms with Gasteiger partial charge in [0.15, 0.2) is 5.16 Å². The first-order chi connectivity index (χ1) is 11.3. The molecular formula is C18H18N4OS. The number of hydrogen-bond acceptors (Lipinski definition) is 5. The lowest BCUT2D eigenvalue weighted by Crippen LogP contribution is -2.29. The third-order valence-electron chi connectivity index (χ3n) is 3.84. The second-order valence-corrected chi connectivity index (χ2v) is 7.78. The van der Waals surface area contributed by atoms with Crippen molar-refractivity contribution in [2.75, 3.05) is 5.75 Å². The number of aromatic nitrogens is 3. The van der Waals surface area contributed by atoms with E-state index >= 15 is 0 Å². The zero-order chi connectivity index (χ0) is 17.5. The number of hydrogen-bond donors (Lipinski definition) is 0. The van der Waals surface area contributed by atoms with E-state index in [4.69, 9.17) is 0 Å². The molecular weight excluding hydrogens is 320 g/mol. The lowest BCUT2D eigenvalue weighted by Gasteiger charge is -2.20. The SMILES string of the molecule is C=C1CSc2nc(-c3ccc(C(C)(C)C)nc3)c(C#N)c(=O)n2C1. The number of rotatable bonds is 1. The Morgan fingerprint density at radius 3 is 2.71 bits per heavy atom. The summed E-state index contributed by atoms with van der Waals surface area (Å²) in [4.78, 5) is 21.7. The Bertz CT molecular complexity index is 914. The maximum Gasteiger partial charge on any atom is 0.273 e. The fourth-order valence-electron chi connectivity index (χ4n) is 2.51. The summed E-state index contributed by atoms with van der Waals surface area (Å²) in [7, 11) is 0. The molecule has 2 aromatic heterocycles. The maximum atomic E-state index is 12.6. The van der Waals surface area contributed by atoms with Crippen molar-refractivity contribution in [3.05, 3.63) is 52.1 Å². The third-order valence-corrected chi connectivity index (χ3v) is 4.96. The predicted octanol–water partition coefficient (Wildman–Crippen LogP) is 3.14. The van der Waals surface area contributed by atoms with E-state index in [9.17, 15) is 10.1 Å². The number of nitriles is 1. The molecule has 2 aromatic rings. The summed E-state index contributed by atoms with van der Waals surface area (Å²) < 4.78 is 1.52. The Kier molecular flexibility index (Phi) is 4.06. The van der Waals surface area contributed by atoms with Gasteiger partial charge < -0.3 is 0 Å². The summed E-state index contributed by atoms with van der Waals surface area (Å²) in [5.41, 5.74) is 2.67. The number of pyridine rings is 1. The molecule has 0 spiro atoms. The van der Waals surface area contributed by atoms with Crippen LogP contribution in [0.15, 0.2) is 40.4 Å². The Morgan fingerprint density at radius 2 is 2.12 bits per heavy atom. The largest absolute Gasteiger partial charge is 0.282 e. The monoisotopic (exact) mass is 338 g/mol. The van der Waals surface area contributed by atoms with Gasteiger partial charge in [0.2, 0.25) is 0 Å². The molecule has 6 heteroatoms. The van der Waals surface area contributed by atoms with Gasteiger partial charge in [-0.3, -0.25) is 14.3 Å². The van der Waals surface area contributed by atoms with Gasteiger partial charge in [-0.15, -0.1) is 0 Å². The van der Waals surface area contributed by atoms with E-state index in [1.54, 1.807) is 6.20 Å². The van der Waals surface area contributed by atoms with Crippen LogP contribution >= 0.6 is 11.8 Å². The van der Waals surface area contributed by atoms with E-state index in [0.717, 1.165) is 17.0 Å². The van der Waals surface area contributed by atoms with Gasteiger partial charge in [-0.05, 0) is 17.7 Å². The quantitative estimate of drug-likeness (QED) is 0.590. The van der Waals surface area contributed by atoms with Crippen molar-refractivity contribution in [3.8, 4) is 17.3 Å². The van der Waals surface area contributed by atoms with Crippen LogP contribution in [0.3, 0.4) is 0 Å². The summed E-state index contributed by atoms with van der Waals surface area (Å²) in [6.07, 6.45) is 1.69. The van der Waals surface area contributed by atoms with Gasteiger partial charge in [-0.1, -0.05) is 39.1 Å². The van der Waals surface area contributed by atoms with Gasteiger partial charge in [-0.2, -0.15) is 5.26 Å². The average molecular weight is 338 g/mol. The van der Waals surface area contributed by atoms with Gasteiger partial charge in [0.05, 0.1) is 5.69 Å². The maximum absolute atomic E-state index is 12.6.